The highest BCUT2D eigenvalue weighted by molar-refractivity contribution is 6.10. The molecule has 1 aliphatic rings. The van der Waals surface area contributed by atoms with E-state index in [4.69, 9.17) is 5.11 Å². The molecule has 0 heterocycles. The second-order valence-corrected chi connectivity index (χ2v) is 4.70. The molecule has 3 nitrogen and oxygen atoms in total. The minimum absolute atomic E-state index is 0.0309. The minimum atomic E-state index is -6.03. The largest absolute Gasteiger partial charge is 0.461 e. The summed E-state index contributed by atoms with van der Waals surface area (Å²) in [5.41, 5.74) is 3.27. The first kappa shape index (κ1) is 22.9. The van der Waals surface area contributed by atoms with Crippen molar-refractivity contribution in [2.75, 3.05) is 6.61 Å². The van der Waals surface area contributed by atoms with Crippen LogP contribution in [0.25, 0.3) is 0 Å². The lowest BCUT2D eigenvalue weighted by Crippen LogP contribution is -2.44. The predicted molar refractivity (Wildman–Crippen MR) is 82.1 cm³/mol. The fourth-order valence-electron chi connectivity index (χ4n) is 1.70. The van der Waals surface area contributed by atoms with Crippen LogP contribution in [0.15, 0.2) is 41.2 Å². The van der Waals surface area contributed by atoms with Crippen molar-refractivity contribution in [3.05, 3.63) is 41.2 Å². The molecule has 0 fully saturated rings. The SMILES string of the molecule is CC.O=C(CC(=O)C(F)(F)C(F)(F)F)/C1=C/C=C=C(CCO)/C=C\C1. The number of hydrogen-bond acceptors (Lipinski definition) is 3. The van der Waals surface area contributed by atoms with E-state index in [1.165, 1.54) is 18.2 Å². The molecule has 0 aliphatic heterocycles. The summed E-state index contributed by atoms with van der Waals surface area (Å²) in [7, 11) is 0. The minimum Gasteiger partial charge on any atom is -0.396 e. The van der Waals surface area contributed by atoms with E-state index in [0.717, 1.165) is 0 Å². The normalized spacial score (nSPS) is 17.9. The van der Waals surface area contributed by atoms with Gasteiger partial charge in [0.1, 0.15) is 0 Å². The third-order valence-corrected chi connectivity index (χ3v) is 2.98. The van der Waals surface area contributed by atoms with Gasteiger partial charge in [0.2, 0.25) is 5.78 Å². The van der Waals surface area contributed by atoms with E-state index in [0.29, 0.717) is 12.0 Å². The fourth-order valence-corrected chi connectivity index (χ4v) is 1.70. The number of Topliss-reactive ketones (excluding diaryl/α,β-unsaturated/α-hetero) is 2. The molecule has 0 spiro atoms. The van der Waals surface area contributed by atoms with Crippen LogP contribution in [0.1, 0.15) is 33.1 Å². The lowest BCUT2D eigenvalue weighted by molar-refractivity contribution is -0.268. The Balaban J connectivity index is 0.00000277. The van der Waals surface area contributed by atoms with Crippen molar-refractivity contribution in [2.45, 2.75) is 45.2 Å². The number of aliphatic hydroxyl groups is 1. The van der Waals surface area contributed by atoms with E-state index in [1.807, 2.05) is 13.8 Å². The molecule has 8 heteroatoms. The summed E-state index contributed by atoms with van der Waals surface area (Å²) in [5, 5.41) is 8.78. The zero-order valence-electron chi connectivity index (χ0n) is 13.8. The Morgan fingerprint density at radius 2 is 1.80 bits per heavy atom. The monoisotopic (exact) mass is 366 g/mol. The lowest BCUT2D eigenvalue weighted by Gasteiger charge is -2.17. The Labute approximate surface area is 142 Å². The van der Waals surface area contributed by atoms with E-state index in [9.17, 15) is 31.5 Å². The molecule has 0 radical (unpaired) electrons. The van der Waals surface area contributed by atoms with Gasteiger partial charge >= 0.3 is 12.1 Å². The molecule has 0 saturated heterocycles. The van der Waals surface area contributed by atoms with Gasteiger partial charge in [0.25, 0.3) is 0 Å². The Bertz CT molecular complexity index is 606. The molecule has 0 aromatic rings. The molecular weight excluding hydrogens is 347 g/mol. The van der Waals surface area contributed by atoms with Crippen LogP contribution < -0.4 is 0 Å². The van der Waals surface area contributed by atoms with Crippen LogP contribution in [0.4, 0.5) is 22.0 Å². The molecule has 1 aliphatic carbocycles. The number of carbonyl (C=O) groups is 2. The second kappa shape index (κ2) is 10.1. The number of aliphatic hydroxyl groups excluding tert-OH is 1. The third kappa shape index (κ3) is 6.76. The topological polar surface area (TPSA) is 54.4 Å². The zero-order valence-corrected chi connectivity index (χ0v) is 13.8. The fraction of sp³-hybridized carbons (Fsp3) is 0.471. The molecule has 0 bridgehead atoms. The highest BCUT2D eigenvalue weighted by Gasteiger charge is 2.62. The highest BCUT2D eigenvalue weighted by atomic mass is 19.4. The number of rotatable bonds is 6. The van der Waals surface area contributed by atoms with Gasteiger partial charge in [-0.3, -0.25) is 9.59 Å². The van der Waals surface area contributed by atoms with Crippen LogP contribution in [0.2, 0.25) is 0 Å². The van der Waals surface area contributed by atoms with Crippen molar-refractivity contribution in [1.82, 2.24) is 0 Å². The van der Waals surface area contributed by atoms with Crippen LogP contribution in [0.5, 0.6) is 0 Å². The molecule has 25 heavy (non-hydrogen) atoms. The van der Waals surface area contributed by atoms with E-state index in [2.05, 4.69) is 5.73 Å². The zero-order chi connectivity index (χ0) is 19.7. The first-order chi connectivity index (χ1) is 11.6. The Morgan fingerprint density at radius 1 is 1.20 bits per heavy atom. The Kier molecular flexibility index (Phi) is 9.23. The molecule has 0 amide bonds. The molecular formula is C17H19F5O3. The van der Waals surface area contributed by atoms with Gasteiger partial charge in [-0.25, -0.2) is 0 Å². The lowest BCUT2D eigenvalue weighted by atomic mass is 9.98. The second-order valence-electron chi connectivity index (χ2n) is 4.70. The van der Waals surface area contributed by atoms with Crippen molar-refractivity contribution in [2.24, 2.45) is 0 Å². The van der Waals surface area contributed by atoms with E-state index in [1.54, 1.807) is 6.08 Å². The van der Waals surface area contributed by atoms with Crippen LogP contribution in [-0.4, -0.2) is 35.4 Å². The van der Waals surface area contributed by atoms with Crippen molar-refractivity contribution in [3.63, 3.8) is 0 Å². The van der Waals surface area contributed by atoms with Gasteiger partial charge in [-0.05, 0) is 29.7 Å². The van der Waals surface area contributed by atoms with Crippen LogP contribution in [0.3, 0.4) is 0 Å². The first-order valence-electron chi connectivity index (χ1n) is 7.52. The van der Waals surface area contributed by atoms with Gasteiger partial charge in [0.05, 0.1) is 6.42 Å². The van der Waals surface area contributed by atoms with Crippen molar-refractivity contribution in [1.29, 1.82) is 0 Å². The number of allylic oxidation sites excluding steroid dienone is 4. The molecule has 1 rings (SSSR count). The average molecular weight is 366 g/mol. The van der Waals surface area contributed by atoms with E-state index >= 15 is 0 Å². The van der Waals surface area contributed by atoms with Gasteiger partial charge in [0.15, 0.2) is 5.78 Å². The molecule has 1 N–H and O–H groups in total. The van der Waals surface area contributed by atoms with Crippen LogP contribution in [-0.2, 0) is 9.59 Å². The van der Waals surface area contributed by atoms with Gasteiger partial charge in [-0.2, -0.15) is 22.0 Å². The van der Waals surface area contributed by atoms with Gasteiger partial charge in [-0.15, -0.1) is 5.73 Å². The van der Waals surface area contributed by atoms with Crippen LogP contribution in [0, 0.1) is 0 Å². The first-order valence-corrected chi connectivity index (χ1v) is 7.52. The number of ketones is 2. The summed E-state index contributed by atoms with van der Waals surface area (Å²) >= 11 is 0. The molecule has 0 unspecified atom stereocenters. The molecule has 0 saturated carbocycles. The van der Waals surface area contributed by atoms with Crippen LogP contribution >= 0.6 is 0 Å². The predicted octanol–water partition coefficient (Wildman–Crippen LogP) is 4.09. The summed E-state index contributed by atoms with van der Waals surface area (Å²) in [5.74, 6) is -9.14. The van der Waals surface area contributed by atoms with Gasteiger partial charge in [0, 0.05) is 13.0 Å². The maximum absolute atomic E-state index is 12.8. The quantitative estimate of drug-likeness (QED) is 0.438. The van der Waals surface area contributed by atoms with Crippen molar-refractivity contribution < 1.29 is 36.6 Å². The number of alkyl halides is 5. The van der Waals surface area contributed by atoms with Crippen molar-refractivity contribution >= 4 is 11.6 Å². The summed E-state index contributed by atoms with van der Waals surface area (Å²) in [6, 6.07) is 0. The van der Waals surface area contributed by atoms with Gasteiger partial charge < -0.3 is 5.11 Å². The van der Waals surface area contributed by atoms with Crippen molar-refractivity contribution in [3.8, 4) is 0 Å². The number of carbonyl (C=O) groups excluding carboxylic acids is 2. The molecule has 0 atom stereocenters. The summed E-state index contributed by atoms with van der Waals surface area (Å²) in [4.78, 5) is 22.8. The van der Waals surface area contributed by atoms with E-state index in [-0.39, 0.29) is 18.6 Å². The standard InChI is InChI=1S/C15H13F5O3.C2H6/c16-14(17,15(18,19)20)13(23)9-12(22)11-5-1-3-10(7-8-21)4-2-6-11;1-2/h1-3,6,21H,5,7-9H2;1-2H3/b3-1-,11-6+;. The third-order valence-electron chi connectivity index (χ3n) is 2.98. The Morgan fingerprint density at radius 3 is 2.32 bits per heavy atom. The summed E-state index contributed by atoms with van der Waals surface area (Å²) in [6.07, 6.45) is -1.78. The maximum Gasteiger partial charge on any atom is 0.461 e. The maximum atomic E-state index is 12.8. The van der Waals surface area contributed by atoms with Gasteiger partial charge in [-0.1, -0.05) is 26.0 Å². The molecule has 140 valence electrons. The number of halogens is 5. The Hall–Kier alpha value is -2.05. The highest BCUT2D eigenvalue weighted by Crippen LogP contribution is 2.37. The molecule has 0 aromatic heterocycles. The molecule has 0 aromatic carbocycles. The number of hydrogen-bond donors (Lipinski definition) is 1. The smallest absolute Gasteiger partial charge is 0.396 e. The average Bonchev–Trinajstić information content (AvgIpc) is 2.50. The van der Waals surface area contributed by atoms with E-state index < -0.39 is 30.1 Å². The summed E-state index contributed by atoms with van der Waals surface area (Å²) < 4.78 is 61.8. The summed E-state index contributed by atoms with van der Waals surface area (Å²) in [6.45, 7) is 3.89.